The van der Waals surface area contributed by atoms with Crippen LogP contribution in [0.3, 0.4) is 0 Å². The predicted octanol–water partition coefficient (Wildman–Crippen LogP) is 4.71. The summed E-state index contributed by atoms with van der Waals surface area (Å²) in [6.07, 6.45) is 0. The van der Waals surface area contributed by atoms with E-state index in [1.54, 1.807) is 14.2 Å². The Bertz CT molecular complexity index is 1250. The Kier molecular flexibility index (Phi) is 6.08. The highest BCUT2D eigenvalue weighted by atomic mass is 32.2. The molecule has 0 radical (unpaired) electrons. The second-order valence-electron chi connectivity index (χ2n) is 6.68. The number of oxazole rings is 1. The Morgan fingerprint density at radius 3 is 2.48 bits per heavy atom. The molecule has 0 spiro atoms. The highest BCUT2D eigenvalue weighted by molar-refractivity contribution is 7.98. The van der Waals surface area contributed by atoms with Crippen LogP contribution >= 0.6 is 11.8 Å². The summed E-state index contributed by atoms with van der Waals surface area (Å²) in [5, 5.41) is 0.529. The van der Waals surface area contributed by atoms with Crippen molar-refractivity contribution >= 4 is 11.8 Å². The van der Waals surface area contributed by atoms with Gasteiger partial charge < -0.3 is 18.9 Å². The minimum Gasteiger partial charge on any atom is -0.493 e. The maximum absolute atomic E-state index is 12.1. The molecule has 7 nitrogen and oxygen atoms in total. The van der Waals surface area contributed by atoms with E-state index in [1.165, 1.54) is 17.8 Å². The van der Waals surface area contributed by atoms with Crippen molar-refractivity contribution in [2.45, 2.75) is 17.8 Å². The molecule has 2 heterocycles. The average molecular weight is 436 g/mol. The molecule has 0 aliphatic heterocycles. The normalized spacial score (nSPS) is 10.8. The van der Waals surface area contributed by atoms with E-state index in [2.05, 4.69) is 15.0 Å². The molecule has 0 aliphatic rings. The first-order chi connectivity index (χ1) is 15.1. The Balaban J connectivity index is 1.55. The molecule has 2 aromatic heterocycles. The summed E-state index contributed by atoms with van der Waals surface area (Å²) in [7, 11) is 3.18. The zero-order valence-electron chi connectivity index (χ0n) is 17.3. The molecule has 0 atom stereocenters. The maximum Gasteiger partial charge on any atom is 0.252 e. The number of H-pyrrole nitrogens is 1. The standard InChI is InChI=1S/C23H21N3O4S/c1-14-18(24-22(30-14)16-9-10-19(28-2)20(11-16)29-3)13-31-23-25-17(12-21(27)26-23)15-7-5-4-6-8-15/h4-12H,13H2,1-3H3,(H,25,26,27). The number of nitrogens with zero attached hydrogens (tertiary/aromatic N) is 2. The van der Waals surface area contributed by atoms with E-state index in [1.807, 2.05) is 55.5 Å². The summed E-state index contributed by atoms with van der Waals surface area (Å²) in [4.78, 5) is 24.1. The number of rotatable bonds is 7. The van der Waals surface area contributed by atoms with E-state index >= 15 is 0 Å². The zero-order chi connectivity index (χ0) is 21.8. The lowest BCUT2D eigenvalue weighted by molar-refractivity contribution is 0.355. The second kappa shape index (κ2) is 9.09. The first kappa shape index (κ1) is 20.7. The SMILES string of the molecule is COc1ccc(-c2nc(CSc3nc(-c4ccccc4)cc(=O)[nH]3)c(C)o2)cc1OC. The quantitative estimate of drug-likeness (QED) is 0.332. The van der Waals surface area contributed by atoms with Gasteiger partial charge in [0.05, 0.1) is 25.6 Å². The summed E-state index contributed by atoms with van der Waals surface area (Å²) in [5.41, 5.74) is 2.90. The van der Waals surface area contributed by atoms with Crippen molar-refractivity contribution in [3.05, 3.63) is 76.4 Å². The molecule has 0 amide bonds. The van der Waals surface area contributed by atoms with E-state index < -0.39 is 0 Å². The van der Waals surface area contributed by atoms with Crippen LogP contribution in [0.15, 0.2) is 69.0 Å². The summed E-state index contributed by atoms with van der Waals surface area (Å²) in [6.45, 7) is 1.86. The molecule has 158 valence electrons. The van der Waals surface area contributed by atoms with Crippen molar-refractivity contribution in [1.82, 2.24) is 15.0 Å². The summed E-state index contributed by atoms with van der Waals surface area (Å²) >= 11 is 1.40. The number of aromatic amines is 1. The van der Waals surface area contributed by atoms with Crippen molar-refractivity contribution in [1.29, 1.82) is 0 Å². The van der Waals surface area contributed by atoms with Gasteiger partial charge in [-0.15, -0.1) is 0 Å². The number of methoxy groups -OCH3 is 2. The van der Waals surface area contributed by atoms with Gasteiger partial charge >= 0.3 is 0 Å². The smallest absolute Gasteiger partial charge is 0.252 e. The maximum atomic E-state index is 12.1. The first-order valence-corrected chi connectivity index (χ1v) is 10.5. The van der Waals surface area contributed by atoms with Crippen LogP contribution in [0.25, 0.3) is 22.7 Å². The molecule has 0 bridgehead atoms. The third kappa shape index (κ3) is 4.64. The molecule has 0 aliphatic carbocycles. The number of aromatic nitrogens is 3. The molecular weight excluding hydrogens is 414 g/mol. The van der Waals surface area contributed by atoms with Crippen LogP contribution in [0, 0.1) is 6.92 Å². The lowest BCUT2D eigenvalue weighted by Gasteiger charge is -2.07. The number of hydrogen-bond donors (Lipinski definition) is 1. The van der Waals surface area contributed by atoms with E-state index in [9.17, 15) is 4.79 Å². The van der Waals surface area contributed by atoms with Crippen molar-refractivity contribution in [3.63, 3.8) is 0 Å². The third-order valence-corrected chi connectivity index (χ3v) is 5.54. The molecule has 0 saturated heterocycles. The predicted molar refractivity (Wildman–Crippen MR) is 120 cm³/mol. The van der Waals surface area contributed by atoms with Crippen LogP contribution in [-0.2, 0) is 5.75 Å². The fraction of sp³-hybridized carbons (Fsp3) is 0.174. The Morgan fingerprint density at radius 1 is 0.968 bits per heavy atom. The number of aryl methyl sites for hydroxylation is 1. The highest BCUT2D eigenvalue weighted by Gasteiger charge is 2.15. The van der Waals surface area contributed by atoms with Gasteiger partial charge in [-0.3, -0.25) is 4.79 Å². The van der Waals surface area contributed by atoms with Crippen molar-refractivity contribution < 1.29 is 13.9 Å². The molecule has 0 unspecified atom stereocenters. The van der Waals surface area contributed by atoms with Gasteiger partial charge in [0.1, 0.15) is 5.76 Å². The monoisotopic (exact) mass is 435 g/mol. The van der Waals surface area contributed by atoms with Gasteiger partial charge in [-0.1, -0.05) is 42.1 Å². The van der Waals surface area contributed by atoms with E-state index in [0.717, 1.165) is 16.8 Å². The van der Waals surface area contributed by atoms with Crippen molar-refractivity contribution in [2.24, 2.45) is 0 Å². The van der Waals surface area contributed by atoms with E-state index in [0.29, 0.717) is 39.8 Å². The van der Waals surface area contributed by atoms with Crippen molar-refractivity contribution in [2.75, 3.05) is 14.2 Å². The molecule has 0 fully saturated rings. The lowest BCUT2D eigenvalue weighted by Crippen LogP contribution is -2.08. The minimum absolute atomic E-state index is 0.195. The zero-order valence-corrected chi connectivity index (χ0v) is 18.2. The Hall–Kier alpha value is -3.52. The van der Waals surface area contributed by atoms with Gasteiger partial charge in [0, 0.05) is 22.9 Å². The van der Waals surface area contributed by atoms with Gasteiger partial charge in [-0.2, -0.15) is 0 Å². The number of nitrogens with one attached hydrogen (secondary N) is 1. The third-order valence-electron chi connectivity index (χ3n) is 4.66. The van der Waals surface area contributed by atoms with E-state index in [4.69, 9.17) is 13.9 Å². The van der Waals surface area contributed by atoms with Gasteiger partial charge in [-0.05, 0) is 25.1 Å². The van der Waals surface area contributed by atoms with E-state index in [-0.39, 0.29) is 5.56 Å². The van der Waals surface area contributed by atoms with Crippen LogP contribution in [0.2, 0.25) is 0 Å². The van der Waals surface area contributed by atoms with Crippen molar-refractivity contribution in [3.8, 4) is 34.2 Å². The minimum atomic E-state index is -0.195. The number of thioether (sulfide) groups is 1. The summed E-state index contributed by atoms with van der Waals surface area (Å²) < 4.78 is 16.5. The average Bonchev–Trinajstić information content (AvgIpc) is 3.18. The summed E-state index contributed by atoms with van der Waals surface area (Å²) in [6, 6.07) is 16.6. The fourth-order valence-corrected chi connectivity index (χ4v) is 3.93. The number of benzene rings is 2. The van der Waals surface area contributed by atoms with Gasteiger partial charge in [0.25, 0.3) is 5.56 Å². The molecule has 2 aromatic carbocycles. The van der Waals surface area contributed by atoms with Crippen LogP contribution in [0.4, 0.5) is 0 Å². The molecule has 1 N–H and O–H groups in total. The Labute approximate surface area is 183 Å². The molecule has 4 rings (SSSR count). The first-order valence-electron chi connectivity index (χ1n) is 9.55. The molecule has 4 aromatic rings. The Morgan fingerprint density at radius 2 is 1.74 bits per heavy atom. The molecule has 31 heavy (non-hydrogen) atoms. The largest absolute Gasteiger partial charge is 0.493 e. The van der Waals surface area contributed by atoms with Crippen LogP contribution < -0.4 is 15.0 Å². The molecule has 8 heteroatoms. The molecular formula is C23H21N3O4S. The fourth-order valence-electron chi connectivity index (χ4n) is 3.05. The second-order valence-corrected chi connectivity index (χ2v) is 7.65. The topological polar surface area (TPSA) is 90.2 Å². The number of ether oxygens (including phenoxy) is 2. The van der Waals surface area contributed by atoms with Gasteiger partial charge in [0.2, 0.25) is 5.89 Å². The molecule has 0 saturated carbocycles. The lowest BCUT2D eigenvalue weighted by atomic mass is 10.1. The van der Waals surface area contributed by atoms with Gasteiger partial charge in [-0.25, -0.2) is 9.97 Å². The van der Waals surface area contributed by atoms with Crippen LogP contribution in [0.1, 0.15) is 11.5 Å². The summed E-state index contributed by atoms with van der Waals surface area (Å²) in [5.74, 6) is 2.95. The van der Waals surface area contributed by atoms with Crippen LogP contribution in [-0.4, -0.2) is 29.2 Å². The highest BCUT2D eigenvalue weighted by Crippen LogP contribution is 2.33. The van der Waals surface area contributed by atoms with Gasteiger partial charge in [0.15, 0.2) is 16.7 Å². The van der Waals surface area contributed by atoms with Crippen LogP contribution in [0.5, 0.6) is 11.5 Å². The number of hydrogen-bond acceptors (Lipinski definition) is 7.